The minimum absolute atomic E-state index is 0.383. The van der Waals surface area contributed by atoms with Crippen LogP contribution in [-0.2, 0) is 4.79 Å². The van der Waals surface area contributed by atoms with Gasteiger partial charge in [-0.1, -0.05) is 26.2 Å². The highest BCUT2D eigenvalue weighted by Crippen LogP contribution is 2.30. The zero-order valence-corrected chi connectivity index (χ0v) is 9.69. The van der Waals surface area contributed by atoms with Crippen LogP contribution in [0.1, 0.15) is 13.8 Å². The van der Waals surface area contributed by atoms with E-state index in [0.717, 1.165) is 11.5 Å². The van der Waals surface area contributed by atoms with Crippen molar-refractivity contribution < 1.29 is 4.79 Å². The van der Waals surface area contributed by atoms with Crippen LogP contribution in [0.25, 0.3) is 0 Å². The summed E-state index contributed by atoms with van der Waals surface area (Å²) in [6.07, 6.45) is 0.985. The number of allylic oxidation sites excluding steroid dienone is 1. The lowest BCUT2D eigenvalue weighted by molar-refractivity contribution is -0.113. The van der Waals surface area contributed by atoms with Gasteiger partial charge >= 0.3 is 0 Å². The highest BCUT2D eigenvalue weighted by molar-refractivity contribution is 6.83. The lowest BCUT2D eigenvalue weighted by Gasteiger charge is -2.29. The molecule has 0 radical (unpaired) electrons. The molecule has 0 heterocycles. The minimum atomic E-state index is -1.43. The van der Waals surface area contributed by atoms with E-state index in [4.69, 9.17) is 0 Å². The molecule has 0 spiro atoms. The number of aldehydes is 1. The van der Waals surface area contributed by atoms with Crippen LogP contribution in [0.2, 0.25) is 19.6 Å². The fourth-order valence-corrected chi connectivity index (χ4v) is 4.04. The molecule has 0 N–H and O–H groups in total. The average molecular weight is 182 g/mol. The summed E-state index contributed by atoms with van der Waals surface area (Å²) in [6.45, 7) is 14.1. The third-order valence-electron chi connectivity index (χ3n) is 1.87. The molecule has 0 aromatic carbocycles. The summed E-state index contributed by atoms with van der Waals surface area (Å²) in [7, 11) is -1.43. The van der Waals surface area contributed by atoms with E-state index in [9.17, 15) is 4.79 Å². The standard InChI is InChI=1S/C10H18OSi/c1-7-9(12(4,5)6)10(2,3)8-11/h8H,1H2,2-6H3. The molecule has 0 aliphatic rings. The molecule has 0 unspecified atom stereocenters. The molecule has 0 amide bonds. The quantitative estimate of drug-likeness (QED) is 0.373. The summed E-state index contributed by atoms with van der Waals surface area (Å²) >= 11 is 0. The van der Waals surface area contributed by atoms with Gasteiger partial charge in [0.25, 0.3) is 0 Å². The van der Waals surface area contributed by atoms with Gasteiger partial charge in [-0.25, -0.2) is 0 Å². The first-order valence-electron chi connectivity index (χ1n) is 4.13. The molecule has 2 heteroatoms. The number of hydrogen-bond acceptors (Lipinski definition) is 1. The summed E-state index contributed by atoms with van der Waals surface area (Å²) in [6, 6.07) is 0. The first-order valence-corrected chi connectivity index (χ1v) is 7.63. The zero-order chi connectivity index (χ0) is 9.99. The smallest absolute Gasteiger partial charge is 0.129 e. The van der Waals surface area contributed by atoms with E-state index < -0.39 is 8.07 Å². The topological polar surface area (TPSA) is 17.1 Å². The number of rotatable bonds is 3. The number of carbonyl (C=O) groups is 1. The van der Waals surface area contributed by atoms with Gasteiger partial charge < -0.3 is 4.79 Å². The lowest BCUT2D eigenvalue weighted by atomic mass is 9.95. The second-order valence-corrected chi connectivity index (χ2v) is 9.64. The summed E-state index contributed by atoms with van der Waals surface area (Å²) < 4.78 is 0. The fraction of sp³-hybridized carbons (Fsp3) is 0.600. The van der Waals surface area contributed by atoms with Gasteiger partial charge in [0.2, 0.25) is 0 Å². The molecule has 0 bridgehead atoms. The molecule has 0 saturated carbocycles. The maximum Gasteiger partial charge on any atom is 0.129 e. The van der Waals surface area contributed by atoms with Gasteiger partial charge in [-0.2, -0.15) is 0 Å². The Labute approximate surface area is 76.2 Å². The van der Waals surface area contributed by atoms with Crippen molar-refractivity contribution in [2.75, 3.05) is 0 Å². The molecule has 0 fully saturated rings. The van der Waals surface area contributed by atoms with Gasteiger partial charge in [0.1, 0.15) is 6.29 Å². The third kappa shape index (κ3) is 2.47. The Kier molecular flexibility index (Phi) is 3.25. The monoisotopic (exact) mass is 182 g/mol. The second kappa shape index (κ2) is 3.42. The molecule has 68 valence electrons. The van der Waals surface area contributed by atoms with Gasteiger partial charge in [0.05, 0.1) is 8.07 Å². The number of carbonyl (C=O) groups excluding carboxylic acids is 1. The van der Waals surface area contributed by atoms with Crippen molar-refractivity contribution in [1.29, 1.82) is 0 Å². The Morgan fingerprint density at radius 3 is 1.92 bits per heavy atom. The lowest BCUT2D eigenvalue weighted by Crippen LogP contribution is -2.34. The van der Waals surface area contributed by atoms with Crippen LogP contribution in [0.3, 0.4) is 0 Å². The van der Waals surface area contributed by atoms with Crippen LogP contribution in [0.5, 0.6) is 0 Å². The van der Waals surface area contributed by atoms with Crippen molar-refractivity contribution in [3.63, 3.8) is 0 Å². The van der Waals surface area contributed by atoms with Crippen LogP contribution >= 0.6 is 0 Å². The molecule has 0 saturated heterocycles. The van der Waals surface area contributed by atoms with Crippen molar-refractivity contribution in [2.24, 2.45) is 5.41 Å². The third-order valence-corrected chi connectivity index (χ3v) is 4.19. The molecule has 0 atom stereocenters. The zero-order valence-electron chi connectivity index (χ0n) is 8.69. The minimum Gasteiger partial charge on any atom is -0.302 e. The van der Waals surface area contributed by atoms with Crippen LogP contribution in [0.4, 0.5) is 0 Å². The summed E-state index contributed by atoms with van der Waals surface area (Å²) in [5, 5.41) is 1.10. The summed E-state index contributed by atoms with van der Waals surface area (Å²) in [5.74, 6) is 0. The normalized spacial score (nSPS) is 12.1. The average Bonchev–Trinajstić information content (AvgIpc) is 1.85. The van der Waals surface area contributed by atoms with Gasteiger partial charge in [-0.3, -0.25) is 0 Å². The van der Waals surface area contributed by atoms with E-state index in [1.807, 2.05) is 13.8 Å². The van der Waals surface area contributed by atoms with Crippen molar-refractivity contribution in [3.8, 4) is 0 Å². The number of hydrogen-bond donors (Lipinski definition) is 0. The van der Waals surface area contributed by atoms with E-state index in [1.165, 1.54) is 0 Å². The van der Waals surface area contributed by atoms with Crippen molar-refractivity contribution in [2.45, 2.75) is 33.5 Å². The largest absolute Gasteiger partial charge is 0.302 e. The van der Waals surface area contributed by atoms with Crippen LogP contribution in [-0.4, -0.2) is 14.4 Å². The van der Waals surface area contributed by atoms with Gasteiger partial charge in [0, 0.05) is 5.41 Å². The predicted molar refractivity (Wildman–Crippen MR) is 55.8 cm³/mol. The first-order chi connectivity index (χ1) is 5.25. The van der Waals surface area contributed by atoms with Gasteiger partial charge in [-0.15, -0.1) is 5.73 Å². The Morgan fingerprint density at radius 2 is 1.83 bits per heavy atom. The molecule has 1 nitrogen and oxygen atoms in total. The van der Waals surface area contributed by atoms with E-state index in [-0.39, 0.29) is 5.41 Å². The molecule has 0 aromatic rings. The van der Waals surface area contributed by atoms with E-state index in [1.54, 1.807) is 0 Å². The van der Waals surface area contributed by atoms with Crippen LogP contribution in [0.15, 0.2) is 17.5 Å². The van der Waals surface area contributed by atoms with Gasteiger partial charge in [0.15, 0.2) is 0 Å². The van der Waals surface area contributed by atoms with E-state index in [2.05, 4.69) is 32.0 Å². The van der Waals surface area contributed by atoms with Crippen molar-refractivity contribution in [1.82, 2.24) is 0 Å². The molecule has 0 aliphatic heterocycles. The maximum atomic E-state index is 10.8. The Morgan fingerprint density at radius 1 is 1.42 bits per heavy atom. The Hall–Kier alpha value is -0.593. The molecule has 0 aliphatic carbocycles. The van der Waals surface area contributed by atoms with Crippen molar-refractivity contribution >= 4 is 14.4 Å². The summed E-state index contributed by atoms with van der Waals surface area (Å²) in [5.41, 5.74) is 2.55. The first kappa shape index (κ1) is 11.4. The Bertz CT molecular complexity index is 227. The summed E-state index contributed by atoms with van der Waals surface area (Å²) in [4.78, 5) is 10.8. The Balaban J connectivity index is 5.11. The molecule has 12 heavy (non-hydrogen) atoms. The predicted octanol–water partition coefficient (Wildman–Crippen LogP) is 2.80. The van der Waals surface area contributed by atoms with Crippen LogP contribution < -0.4 is 0 Å². The SMILES string of the molecule is C=C=C(C(C)(C)C=O)[Si](C)(C)C. The molecular formula is C10H18OSi. The molecule has 0 rings (SSSR count). The highest BCUT2D eigenvalue weighted by atomic mass is 28.3. The van der Waals surface area contributed by atoms with Gasteiger partial charge in [-0.05, 0) is 19.0 Å². The maximum absolute atomic E-state index is 10.8. The van der Waals surface area contributed by atoms with Crippen molar-refractivity contribution in [3.05, 3.63) is 17.5 Å². The van der Waals surface area contributed by atoms with E-state index >= 15 is 0 Å². The molecule has 0 aromatic heterocycles. The fourth-order valence-electron chi connectivity index (χ4n) is 1.52. The second-order valence-electron chi connectivity index (χ2n) is 4.64. The highest BCUT2D eigenvalue weighted by Gasteiger charge is 2.32. The molecular weight excluding hydrogens is 164 g/mol. The van der Waals surface area contributed by atoms with Crippen LogP contribution in [0, 0.1) is 5.41 Å². The van der Waals surface area contributed by atoms with E-state index in [0.29, 0.717) is 0 Å².